The van der Waals surface area contributed by atoms with E-state index in [4.69, 9.17) is 0 Å². The van der Waals surface area contributed by atoms with Crippen LogP contribution in [-0.4, -0.2) is 63.8 Å². The van der Waals surface area contributed by atoms with Gasteiger partial charge in [0.15, 0.2) is 0 Å². The van der Waals surface area contributed by atoms with Gasteiger partial charge in [-0.1, -0.05) is 6.07 Å². The monoisotopic (exact) mass is 395 g/mol. The molecule has 4 heterocycles. The van der Waals surface area contributed by atoms with Crippen molar-refractivity contribution in [3.05, 3.63) is 29.6 Å². The number of fused-ring (bicyclic) bond motifs is 5. The Morgan fingerprint density at radius 3 is 3.00 bits per heavy atom. The summed E-state index contributed by atoms with van der Waals surface area (Å²) in [4.78, 5) is 38.0. The summed E-state index contributed by atoms with van der Waals surface area (Å²) in [5.41, 5.74) is 3.08. The molecule has 1 aromatic heterocycles. The number of H-pyrrole nitrogens is 1. The number of nitrogens with one attached hydrogen (secondary N) is 2. The molecule has 0 radical (unpaired) electrons. The van der Waals surface area contributed by atoms with Crippen LogP contribution in [0.4, 0.5) is 0 Å². The van der Waals surface area contributed by atoms with Crippen LogP contribution in [0.15, 0.2) is 18.2 Å². The lowest BCUT2D eigenvalue weighted by atomic mass is 9.72. The molecule has 0 aliphatic carbocycles. The van der Waals surface area contributed by atoms with Crippen molar-refractivity contribution >= 4 is 22.8 Å². The third kappa shape index (κ3) is 3.21. The predicted molar refractivity (Wildman–Crippen MR) is 110 cm³/mol. The highest BCUT2D eigenvalue weighted by molar-refractivity contribution is 5.89. The zero-order valence-corrected chi connectivity index (χ0v) is 17.1. The molecule has 3 aliphatic heterocycles. The Bertz CT molecular complexity index is 954. The van der Waals surface area contributed by atoms with Gasteiger partial charge in [-0.2, -0.15) is 0 Å². The smallest absolute Gasteiger partial charge is 0.245 e. The lowest BCUT2D eigenvalue weighted by Gasteiger charge is -2.54. The number of carbonyl (C=O) groups is 2. The highest BCUT2D eigenvalue weighted by Gasteiger charge is 2.51. The van der Waals surface area contributed by atoms with Crippen LogP contribution >= 0.6 is 0 Å². The van der Waals surface area contributed by atoms with Gasteiger partial charge in [0.25, 0.3) is 0 Å². The number of imidazole rings is 1. The molecule has 0 unspecified atom stereocenters. The summed E-state index contributed by atoms with van der Waals surface area (Å²) in [5, 5.41) is 3.50. The zero-order valence-electron chi connectivity index (χ0n) is 17.1. The molecule has 4 atom stereocenters. The van der Waals surface area contributed by atoms with Gasteiger partial charge in [0.1, 0.15) is 11.9 Å². The van der Waals surface area contributed by atoms with Gasteiger partial charge in [-0.25, -0.2) is 4.98 Å². The van der Waals surface area contributed by atoms with Gasteiger partial charge >= 0.3 is 0 Å². The summed E-state index contributed by atoms with van der Waals surface area (Å²) >= 11 is 0. The Balaban J connectivity index is 1.39. The van der Waals surface area contributed by atoms with Gasteiger partial charge in [-0.15, -0.1) is 0 Å². The van der Waals surface area contributed by atoms with Crippen molar-refractivity contribution in [3.8, 4) is 0 Å². The number of nitrogens with zero attached hydrogens (tertiary/aromatic N) is 3. The average molecular weight is 396 g/mol. The number of piperidine rings is 3. The SMILES string of the molecule is Cc1ccc2nc(CN(C)C(=O)[C@H]3[C@@H]4CNC[C@@H](C4)[C@@H]4CCCC(=O)N43)[nH]c2c1. The number of aromatic nitrogens is 2. The van der Waals surface area contributed by atoms with E-state index in [9.17, 15) is 9.59 Å². The van der Waals surface area contributed by atoms with Crippen molar-refractivity contribution in [2.45, 2.75) is 51.2 Å². The molecule has 3 aliphatic rings. The van der Waals surface area contributed by atoms with Crippen LogP contribution < -0.4 is 5.32 Å². The quantitative estimate of drug-likeness (QED) is 0.831. The van der Waals surface area contributed by atoms with E-state index in [2.05, 4.69) is 28.3 Å². The molecular weight excluding hydrogens is 366 g/mol. The van der Waals surface area contributed by atoms with Crippen molar-refractivity contribution in [3.63, 3.8) is 0 Å². The molecule has 3 fully saturated rings. The lowest BCUT2D eigenvalue weighted by molar-refractivity contribution is -0.161. The Morgan fingerprint density at radius 1 is 1.31 bits per heavy atom. The maximum absolute atomic E-state index is 13.5. The predicted octanol–water partition coefficient (Wildman–Crippen LogP) is 1.82. The van der Waals surface area contributed by atoms with E-state index < -0.39 is 0 Å². The minimum Gasteiger partial charge on any atom is -0.340 e. The number of aryl methyl sites for hydroxylation is 1. The van der Waals surface area contributed by atoms with Crippen LogP contribution in [0.2, 0.25) is 0 Å². The number of carbonyl (C=O) groups excluding carboxylic acids is 2. The highest BCUT2D eigenvalue weighted by atomic mass is 16.2. The van der Waals surface area contributed by atoms with E-state index in [0.29, 0.717) is 18.9 Å². The Labute approximate surface area is 170 Å². The second kappa shape index (κ2) is 7.13. The van der Waals surface area contributed by atoms with Gasteiger partial charge < -0.3 is 20.1 Å². The first-order chi connectivity index (χ1) is 14.0. The lowest BCUT2D eigenvalue weighted by Crippen LogP contribution is -2.68. The molecular formula is C22H29N5O2. The van der Waals surface area contributed by atoms with Gasteiger partial charge in [0.05, 0.1) is 17.6 Å². The van der Waals surface area contributed by atoms with E-state index in [1.807, 2.05) is 24.1 Å². The average Bonchev–Trinajstić information content (AvgIpc) is 3.10. The normalized spacial score (nSPS) is 29.0. The fourth-order valence-corrected chi connectivity index (χ4v) is 5.61. The molecule has 2 amide bonds. The van der Waals surface area contributed by atoms with Crippen molar-refractivity contribution in [2.24, 2.45) is 11.8 Å². The molecule has 3 saturated heterocycles. The first-order valence-corrected chi connectivity index (χ1v) is 10.7. The van der Waals surface area contributed by atoms with Crippen LogP contribution in [0.1, 0.15) is 37.1 Å². The summed E-state index contributed by atoms with van der Waals surface area (Å²) in [6, 6.07) is 5.96. The summed E-state index contributed by atoms with van der Waals surface area (Å²) in [6.45, 7) is 4.23. The first kappa shape index (κ1) is 18.6. The summed E-state index contributed by atoms with van der Waals surface area (Å²) in [5.74, 6) is 1.64. The molecule has 7 heteroatoms. The standard InChI is InChI=1S/C22H29N5O2/c1-13-6-7-16-17(8-13)25-19(24-16)12-26(2)22(29)21-15-9-14(10-23-11-15)18-4-3-5-20(28)27(18)21/h6-8,14-15,18,21,23H,3-5,9-12H2,1-2H3,(H,24,25)/t14-,15+,18+,21-/m1/s1. The largest absolute Gasteiger partial charge is 0.340 e. The van der Waals surface area contributed by atoms with Gasteiger partial charge in [-0.05, 0) is 56.3 Å². The first-order valence-electron chi connectivity index (χ1n) is 10.7. The molecule has 2 bridgehead atoms. The van der Waals surface area contributed by atoms with Crippen LogP contribution in [0, 0.1) is 18.8 Å². The van der Waals surface area contributed by atoms with Crippen molar-refractivity contribution in [1.29, 1.82) is 0 Å². The van der Waals surface area contributed by atoms with Crippen LogP contribution in [-0.2, 0) is 16.1 Å². The number of benzene rings is 1. The second-order valence-electron chi connectivity index (χ2n) is 9.02. The minimum atomic E-state index is -0.353. The summed E-state index contributed by atoms with van der Waals surface area (Å²) in [7, 11) is 1.83. The number of hydrogen-bond donors (Lipinski definition) is 2. The van der Waals surface area contributed by atoms with E-state index in [0.717, 1.165) is 49.2 Å². The molecule has 29 heavy (non-hydrogen) atoms. The van der Waals surface area contributed by atoms with Crippen molar-refractivity contribution < 1.29 is 9.59 Å². The maximum atomic E-state index is 13.5. The van der Waals surface area contributed by atoms with E-state index in [-0.39, 0.29) is 29.8 Å². The van der Waals surface area contributed by atoms with E-state index in [1.165, 1.54) is 5.56 Å². The summed E-state index contributed by atoms with van der Waals surface area (Å²) in [6.07, 6.45) is 3.56. The topological polar surface area (TPSA) is 81.3 Å². The zero-order chi connectivity index (χ0) is 20.1. The number of amides is 2. The molecule has 2 aromatic rings. The van der Waals surface area contributed by atoms with Crippen LogP contribution in [0.5, 0.6) is 0 Å². The molecule has 5 rings (SSSR count). The van der Waals surface area contributed by atoms with Crippen LogP contribution in [0.3, 0.4) is 0 Å². The molecule has 0 saturated carbocycles. The highest BCUT2D eigenvalue weighted by Crippen LogP contribution is 2.40. The second-order valence-corrected chi connectivity index (χ2v) is 9.02. The van der Waals surface area contributed by atoms with Gasteiger partial charge in [-0.3, -0.25) is 9.59 Å². The third-order valence-electron chi connectivity index (χ3n) is 6.95. The summed E-state index contributed by atoms with van der Waals surface area (Å²) < 4.78 is 0. The Hall–Kier alpha value is -2.41. The maximum Gasteiger partial charge on any atom is 0.245 e. The Kier molecular flexibility index (Phi) is 4.57. The third-order valence-corrected chi connectivity index (χ3v) is 6.95. The number of rotatable bonds is 3. The fraction of sp³-hybridized carbons (Fsp3) is 0.591. The number of aromatic amines is 1. The fourth-order valence-electron chi connectivity index (χ4n) is 5.61. The van der Waals surface area contributed by atoms with Gasteiger partial charge in [0, 0.05) is 32.0 Å². The van der Waals surface area contributed by atoms with Crippen molar-refractivity contribution in [1.82, 2.24) is 25.1 Å². The minimum absolute atomic E-state index is 0.0361. The van der Waals surface area contributed by atoms with E-state index >= 15 is 0 Å². The van der Waals surface area contributed by atoms with E-state index in [1.54, 1.807) is 4.90 Å². The molecule has 7 nitrogen and oxygen atoms in total. The van der Waals surface area contributed by atoms with Crippen molar-refractivity contribution in [2.75, 3.05) is 20.1 Å². The number of likely N-dealkylation sites (N-methyl/N-ethyl adjacent to an activating group) is 1. The molecule has 1 aromatic carbocycles. The molecule has 2 N–H and O–H groups in total. The molecule has 154 valence electrons. The number of hydrogen-bond acceptors (Lipinski definition) is 4. The van der Waals surface area contributed by atoms with Gasteiger partial charge in [0.2, 0.25) is 11.8 Å². The molecule has 0 spiro atoms. The van der Waals surface area contributed by atoms with Crippen LogP contribution in [0.25, 0.3) is 11.0 Å². The Morgan fingerprint density at radius 2 is 2.14 bits per heavy atom.